The molecule has 1 aromatic rings. The number of benzene rings is 1. The summed E-state index contributed by atoms with van der Waals surface area (Å²) in [6.45, 7) is 0. The molecule has 2 fully saturated rings. The molecule has 1 amide bonds. The average Bonchev–Trinajstić information content (AvgIpc) is 3.20. The number of amides is 1. The molecular formula is C15H18ClFN2O. The average molecular weight is 297 g/mol. The first-order valence-corrected chi connectivity index (χ1v) is 7.47. The molecule has 1 aliphatic carbocycles. The molecule has 108 valence electrons. The first-order chi connectivity index (χ1) is 9.58. The number of halogens is 2. The summed E-state index contributed by atoms with van der Waals surface area (Å²) in [6, 6.07) is 4.26. The number of likely N-dealkylation sites (tertiary alicyclic amines) is 1. The standard InChI is InChI=1S/C15H18ClFN2O/c16-9-4-7-11(12(17)8-9)15-13(18)2-1-3-14(20)19(15)10-5-6-10/h4,7-8,10,13,15H,1-3,5-6,18H2. The summed E-state index contributed by atoms with van der Waals surface area (Å²) < 4.78 is 14.2. The van der Waals surface area contributed by atoms with Gasteiger partial charge in [-0.05, 0) is 37.8 Å². The number of nitrogens with two attached hydrogens (primary N) is 1. The van der Waals surface area contributed by atoms with E-state index >= 15 is 0 Å². The van der Waals surface area contributed by atoms with E-state index < -0.39 is 0 Å². The molecule has 2 aliphatic rings. The van der Waals surface area contributed by atoms with Crippen molar-refractivity contribution in [2.75, 3.05) is 0 Å². The fraction of sp³-hybridized carbons (Fsp3) is 0.533. The molecule has 0 aromatic heterocycles. The Morgan fingerprint density at radius 2 is 2.05 bits per heavy atom. The van der Waals surface area contributed by atoms with E-state index in [2.05, 4.69) is 0 Å². The van der Waals surface area contributed by atoms with Gasteiger partial charge in [0.25, 0.3) is 0 Å². The zero-order chi connectivity index (χ0) is 14.3. The summed E-state index contributed by atoms with van der Waals surface area (Å²) in [5.74, 6) is -0.280. The number of carbonyl (C=O) groups is 1. The van der Waals surface area contributed by atoms with Gasteiger partial charge in [0.05, 0.1) is 6.04 Å². The smallest absolute Gasteiger partial charge is 0.223 e. The van der Waals surface area contributed by atoms with Gasteiger partial charge in [0.1, 0.15) is 5.82 Å². The van der Waals surface area contributed by atoms with Gasteiger partial charge in [0.2, 0.25) is 5.91 Å². The molecule has 3 nitrogen and oxygen atoms in total. The van der Waals surface area contributed by atoms with Crippen molar-refractivity contribution in [1.29, 1.82) is 0 Å². The molecule has 5 heteroatoms. The fourth-order valence-electron chi connectivity index (χ4n) is 3.04. The maximum atomic E-state index is 14.2. The Morgan fingerprint density at radius 3 is 2.70 bits per heavy atom. The highest BCUT2D eigenvalue weighted by Gasteiger charge is 2.42. The lowest BCUT2D eigenvalue weighted by Crippen LogP contribution is -2.43. The van der Waals surface area contributed by atoms with E-state index in [0.717, 1.165) is 25.7 Å². The minimum absolute atomic E-state index is 0.0970. The second-order valence-electron chi connectivity index (χ2n) is 5.70. The van der Waals surface area contributed by atoms with Crippen LogP contribution in [0.5, 0.6) is 0 Å². The van der Waals surface area contributed by atoms with Crippen LogP contribution in [-0.2, 0) is 4.79 Å². The van der Waals surface area contributed by atoms with Crippen LogP contribution in [0.15, 0.2) is 18.2 Å². The lowest BCUT2D eigenvalue weighted by molar-refractivity contribution is -0.134. The molecule has 20 heavy (non-hydrogen) atoms. The summed E-state index contributed by atoms with van der Waals surface area (Å²) in [5.41, 5.74) is 6.73. The molecule has 0 bridgehead atoms. The molecule has 1 saturated heterocycles. The predicted molar refractivity (Wildman–Crippen MR) is 75.8 cm³/mol. The number of rotatable bonds is 2. The molecule has 0 spiro atoms. The monoisotopic (exact) mass is 296 g/mol. The van der Waals surface area contributed by atoms with Crippen LogP contribution in [-0.4, -0.2) is 22.9 Å². The van der Waals surface area contributed by atoms with Gasteiger partial charge in [-0.1, -0.05) is 17.7 Å². The lowest BCUT2D eigenvalue weighted by atomic mass is 9.95. The van der Waals surface area contributed by atoms with Crippen molar-refractivity contribution in [1.82, 2.24) is 4.90 Å². The van der Waals surface area contributed by atoms with Crippen LogP contribution in [0.1, 0.15) is 43.7 Å². The van der Waals surface area contributed by atoms with E-state index in [-0.39, 0.29) is 29.8 Å². The predicted octanol–water partition coefficient (Wildman–Crippen LogP) is 3.02. The lowest BCUT2D eigenvalue weighted by Gasteiger charge is -2.34. The van der Waals surface area contributed by atoms with Crippen LogP contribution in [0.2, 0.25) is 5.02 Å². The maximum absolute atomic E-state index is 14.2. The molecule has 0 radical (unpaired) electrons. The van der Waals surface area contributed by atoms with Crippen molar-refractivity contribution in [2.45, 2.75) is 50.2 Å². The van der Waals surface area contributed by atoms with Gasteiger partial charge in [-0.15, -0.1) is 0 Å². The zero-order valence-electron chi connectivity index (χ0n) is 11.2. The number of carbonyl (C=O) groups excluding carboxylic acids is 1. The van der Waals surface area contributed by atoms with E-state index in [4.69, 9.17) is 17.3 Å². The molecule has 3 rings (SSSR count). The minimum atomic E-state index is -0.377. The van der Waals surface area contributed by atoms with Crippen molar-refractivity contribution < 1.29 is 9.18 Å². The SMILES string of the molecule is NC1CCCC(=O)N(C2CC2)C1c1ccc(Cl)cc1F. The van der Waals surface area contributed by atoms with Gasteiger partial charge in [0, 0.05) is 29.1 Å². The summed E-state index contributed by atoms with van der Waals surface area (Å²) in [4.78, 5) is 14.1. The third-order valence-corrected chi connectivity index (χ3v) is 4.38. The third-order valence-electron chi connectivity index (χ3n) is 4.14. The largest absolute Gasteiger partial charge is 0.331 e. The molecule has 2 unspecified atom stereocenters. The second-order valence-corrected chi connectivity index (χ2v) is 6.14. The Hall–Kier alpha value is -1.13. The summed E-state index contributed by atoms with van der Waals surface area (Å²) in [6.07, 6.45) is 4.00. The van der Waals surface area contributed by atoms with E-state index in [1.165, 1.54) is 6.07 Å². The van der Waals surface area contributed by atoms with Gasteiger partial charge < -0.3 is 10.6 Å². The molecular weight excluding hydrogens is 279 g/mol. The van der Waals surface area contributed by atoms with Crippen LogP contribution in [0, 0.1) is 5.82 Å². The second kappa shape index (κ2) is 5.34. The molecule has 1 saturated carbocycles. The Kier molecular flexibility index (Phi) is 3.69. The number of nitrogens with zero attached hydrogens (tertiary/aromatic N) is 1. The number of hydrogen-bond acceptors (Lipinski definition) is 2. The zero-order valence-corrected chi connectivity index (χ0v) is 11.9. The normalized spacial score (nSPS) is 27.6. The fourth-order valence-corrected chi connectivity index (χ4v) is 3.20. The van der Waals surface area contributed by atoms with Crippen LogP contribution in [0.4, 0.5) is 4.39 Å². The first-order valence-electron chi connectivity index (χ1n) is 7.09. The van der Waals surface area contributed by atoms with E-state index in [1.807, 2.05) is 4.90 Å². The maximum Gasteiger partial charge on any atom is 0.223 e. The van der Waals surface area contributed by atoms with Crippen molar-refractivity contribution >= 4 is 17.5 Å². The van der Waals surface area contributed by atoms with Crippen LogP contribution < -0.4 is 5.73 Å². The summed E-state index contributed by atoms with van der Waals surface area (Å²) in [7, 11) is 0. The highest BCUT2D eigenvalue weighted by molar-refractivity contribution is 6.30. The highest BCUT2D eigenvalue weighted by atomic mass is 35.5. The molecule has 1 heterocycles. The van der Waals surface area contributed by atoms with Crippen molar-refractivity contribution in [3.8, 4) is 0 Å². The van der Waals surface area contributed by atoms with E-state index in [1.54, 1.807) is 12.1 Å². The highest BCUT2D eigenvalue weighted by Crippen LogP contribution is 2.40. The van der Waals surface area contributed by atoms with Gasteiger partial charge in [0.15, 0.2) is 0 Å². The minimum Gasteiger partial charge on any atom is -0.331 e. The summed E-state index contributed by atoms with van der Waals surface area (Å²) in [5, 5.41) is 0.359. The van der Waals surface area contributed by atoms with Crippen LogP contribution in [0.3, 0.4) is 0 Å². The Bertz CT molecular complexity index is 533. The third kappa shape index (κ3) is 2.54. The first kappa shape index (κ1) is 13.8. The van der Waals surface area contributed by atoms with Crippen molar-refractivity contribution in [3.63, 3.8) is 0 Å². The molecule has 1 aliphatic heterocycles. The quantitative estimate of drug-likeness (QED) is 0.912. The topological polar surface area (TPSA) is 46.3 Å². The number of hydrogen-bond donors (Lipinski definition) is 1. The van der Waals surface area contributed by atoms with Crippen LogP contribution in [0.25, 0.3) is 0 Å². The molecule has 2 N–H and O–H groups in total. The van der Waals surface area contributed by atoms with E-state index in [0.29, 0.717) is 17.0 Å². The summed E-state index contributed by atoms with van der Waals surface area (Å²) >= 11 is 5.81. The van der Waals surface area contributed by atoms with Gasteiger partial charge in [-0.2, -0.15) is 0 Å². The van der Waals surface area contributed by atoms with E-state index in [9.17, 15) is 9.18 Å². The van der Waals surface area contributed by atoms with Crippen molar-refractivity contribution in [2.24, 2.45) is 5.73 Å². The van der Waals surface area contributed by atoms with Gasteiger partial charge in [-0.3, -0.25) is 4.79 Å². The molecule has 1 aromatic carbocycles. The Balaban J connectivity index is 2.02. The Morgan fingerprint density at radius 1 is 1.30 bits per heavy atom. The molecule has 2 atom stereocenters. The van der Waals surface area contributed by atoms with Gasteiger partial charge >= 0.3 is 0 Å². The van der Waals surface area contributed by atoms with Gasteiger partial charge in [-0.25, -0.2) is 4.39 Å². The van der Waals surface area contributed by atoms with Crippen molar-refractivity contribution in [3.05, 3.63) is 34.6 Å². The van der Waals surface area contributed by atoms with Crippen LogP contribution >= 0.6 is 11.6 Å². The Labute approximate surface area is 122 Å².